The van der Waals surface area contributed by atoms with Crippen LogP contribution in [-0.2, 0) is 9.84 Å². The molecule has 0 atom stereocenters. The van der Waals surface area contributed by atoms with Gasteiger partial charge in [0.05, 0.1) is 11.3 Å². The fraction of sp³-hybridized carbons (Fsp3) is 0.400. The van der Waals surface area contributed by atoms with E-state index >= 15 is 0 Å². The molecule has 0 spiro atoms. The lowest BCUT2D eigenvalue weighted by molar-refractivity contribution is 0.0952. The molecule has 1 rings (SSSR count). The summed E-state index contributed by atoms with van der Waals surface area (Å²) in [5.41, 5.74) is -0.178. The number of anilines is 1. The number of carbonyl (C=O) groups excluding carboxylic acids is 1. The number of pyridine rings is 1. The van der Waals surface area contributed by atoms with E-state index in [2.05, 4.69) is 15.6 Å². The summed E-state index contributed by atoms with van der Waals surface area (Å²) in [7, 11) is -1.68. The normalized spacial score (nSPS) is 11.1. The fourth-order valence-corrected chi connectivity index (χ4v) is 1.71. The van der Waals surface area contributed by atoms with Gasteiger partial charge in [0.1, 0.15) is 9.84 Å². The SMILES string of the molecule is CNc1nccc(C(=O)NCCS(C)(=O)=O)c1F. The number of sulfone groups is 1. The van der Waals surface area contributed by atoms with Gasteiger partial charge in [-0.3, -0.25) is 4.79 Å². The average molecular weight is 275 g/mol. The Morgan fingerprint density at radius 2 is 2.17 bits per heavy atom. The second-order valence-corrected chi connectivity index (χ2v) is 5.92. The number of amides is 1. The standard InChI is InChI=1S/C10H14FN3O3S/c1-12-9-8(11)7(3-4-13-9)10(15)14-5-6-18(2,16)17/h3-4H,5-6H2,1-2H3,(H,12,13)(H,14,15). The van der Waals surface area contributed by atoms with Crippen LogP contribution in [0, 0.1) is 5.82 Å². The molecule has 1 amide bonds. The van der Waals surface area contributed by atoms with E-state index < -0.39 is 21.6 Å². The number of nitrogens with one attached hydrogen (secondary N) is 2. The van der Waals surface area contributed by atoms with Gasteiger partial charge in [0.2, 0.25) is 0 Å². The van der Waals surface area contributed by atoms with Crippen LogP contribution < -0.4 is 10.6 Å². The number of aromatic nitrogens is 1. The van der Waals surface area contributed by atoms with Crippen LogP contribution in [-0.4, -0.2) is 44.9 Å². The molecule has 2 N–H and O–H groups in total. The molecule has 0 aliphatic rings. The lowest BCUT2D eigenvalue weighted by Gasteiger charge is -2.07. The average Bonchev–Trinajstić information content (AvgIpc) is 2.27. The van der Waals surface area contributed by atoms with Crippen LogP contribution in [0.1, 0.15) is 10.4 Å². The molecule has 1 heterocycles. The van der Waals surface area contributed by atoms with Crippen LogP contribution in [0.25, 0.3) is 0 Å². The number of halogens is 1. The van der Waals surface area contributed by atoms with E-state index in [0.29, 0.717) is 0 Å². The van der Waals surface area contributed by atoms with Gasteiger partial charge < -0.3 is 10.6 Å². The molecule has 100 valence electrons. The predicted molar refractivity (Wildman–Crippen MR) is 65.8 cm³/mol. The zero-order valence-corrected chi connectivity index (χ0v) is 10.8. The summed E-state index contributed by atoms with van der Waals surface area (Å²) >= 11 is 0. The van der Waals surface area contributed by atoms with Crippen LogP contribution in [0.3, 0.4) is 0 Å². The molecule has 1 aromatic heterocycles. The van der Waals surface area contributed by atoms with Gasteiger partial charge in [-0.2, -0.15) is 0 Å². The summed E-state index contributed by atoms with van der Waals surface area (Å²) in [5.74, 6) is -1.66. The fourth-order valence-electron chi connectivity index (χ4n) is 1.24. The van der Waals surface area contributed by atoms with Crippen molar-refractivity contribution in [2.75, 3.05) is 30.9 Å². The summed E-state index contributed by atoms with van der Waals surface area (Å²) < 4.78 is 35.4. The maximum atomic E-state index is 13.7. The Balaban J connectivity index is 2.73. The van der Waals surface area contributed by atoms with Crippen molar-refractivity contribution in [2.45, 2.75) is 0 Å². The molecule has 0 radical (unpaired) electrons. The Labute approximate surface area is 105 Å². The molecule has 0 aliphatic carbocycles. The highest BCUT2D eigenvalue weighted by Gasteiger charge is 2.15. The first-order valence-electron chi connectivity index (χ1n) is 5.13. The molecule has 0 saturated carbocycles. The molecule has 0 fully saturated rings. The number of rotatable bonds is 5. The van der Waals surface area contributed by atoms with Gasteiger partial charge in [0.25, 0.3) is 5.91 Å². The van der Waals surface area contributed by atoms with E-state index in [1.807, 2.05) is 0 Å². The Kier molecular flexibility index (Phi) is 4.60. The van der Waals surface area contributed by atoms with Crippen molar-refractivity contribution >= 4 is 21.6 Å². The molecule has 8 heteroatoms. The van der Waals surface area contributed by atoms with Crippen molar-refractivity contribution in [1.29, 1.82) is 0 Å². The first kappa shape index (κ1) is 14.4. The van der Waals surface area contributed by atoms with Crippen LogP contribution in [0.5, 0.6) is 0 Å². The van der Waals surface area contributed by atoms with Gasteiger partial charge >= 0.3 is 0 Å². The molecule has 6 nitrogen and oxygen atoms in total. The molecular formula is C10H14FN3O3S. The second kappa shape index (κ2) is 5.76. The van der Waals surface area contributed by atoms with Crippen LogP contribution in [0.4, 0.5) is 10.2 Å². The minimum absolute atomic E-state index is 0.0363. The zero-order valence-electron chi connectivity index (χ0n) is 10.0. The van der Waals surface area contributed by atoms with Gasteiger partial charge in [-0.1, -0.05) is 0 Å². The largest absolute Gasteiger partial charge is 0.371 e. The Morgan fingerprint density at radius 1 is 1.50 bits per heavy atom. The van der Waals surface area contributed by atoms with Crippen LogP contribution in [0.2, 0.25) is 0 Å². The Morgan fingerprint density at radius 3 is 2.72 bits per heavy atom. The van der Waals surface area contributed by atoms with E-state index in [0.717, 1.165) is 6.26 Å². The van der Waals surface area contributed by atoms with Crippen molar-refractivity contribution in [3.05, 3.63) is 23.6 Å². The smallest absolute Gasteiger partial charge is 0.254 e. The summed E-state index contributed by atoms with van der Waals surface area (Å²) in [5, 5.41) is 4.84. The molecule has 0 aromatic carbocycles. The topological polar surface area (TPSA) is 88.2 Å². The van der Waals surface area contributed by atoms with E-state index in [4.69, 9.17) is 0 Å². The molecule has 0 saturated heterocycles. The van der Waals surface area contributed by atoms with Gasteiger partial charge in [-0.25, -0.2) is 17.8 Å². The lowest BCUT2D eigenvalue weighted by atomic mass is 10.2. The third-order valence-corrected chi connectivity index (χ3v) is 3.07. The highest BCUT2D eigenvalue weighted by Crippen LogP contribution is 2.13. The van der Waals surface area contributed by atoms with E-state index in [1.165, 1.54) is 19.3 Å². The van der Waals surface area contributed by atoms with Crippen LogP contribution in [0.15, 0.2) is 12.3 Å². The van der Waals surface area contributed by atoms with Gasteiger partial charge in [0.15, 0.2) is 11.6 Å². The minimum Gasteiger partial charge on any atom is -0.371 e. The number of carbonyl (C=O) groups is 1. The van der Waals surface area contributed by atoms with Crippen LogP contribution >= 0.6 is 0 Å². The summed E-state index contributed by atoms with van der Waals surface area (Å²) in [6, 6.07) is 1.23. The van der Waals surface area contributed by atoms with Gasteiger partial charge in [0, 0.05) is 26.0 Å². The zero-order chi connectivity index (χ0) is 13.8. The second-order valence-electron chi connectivity index (χ2n) is 3.66. The number of nitrogens with zero attached hydrogens (tertiary/aromatic N) is 1. The summed E-state index contributed by atoms with van der Waals surface area (Å²) in [4.78, 5) is 15.3. The quantitative estimate of drug-likeness (QED) is 0.792. The predicted octanol–water partition coefficient (Wildman–Crippen LogP) is 0.0368. The maximum Gasteiger partial charge on any atom is 0.254 e. The molecular weight excluding hydrogens is 261 g/mol. The molecule has 0 aliphatic heterocycles. The third kappa shape index (κ3) is 3.95. The Hall–Kier alpha value is -1.70. The molecule has 0 unspecified atom stereocenters. The summed E-state index contributed by atoms with van der Waals surface area (Å²) in [6.45, 7) is -0.0612. The van der Waals surface area contributed by atoms with Crippen molar-refractivity contribution in [1.82, 2.24) is 10.3 Å². The van der Waals surface area contributed by atoms with Crippen molar-refractivity contribution < 1.29 is 17.6 Å². The molecule has 0 bridgehead atoms. The first-order valence-corrected chi connectivity index (χ1v) is 7.19. The van der Waals surface area contributed by atoms with Crippen molar-refractivity contribution in [2.24, 2.45) is 0 Å². The molecule has 18 heavy (non-hydrogen) atoms. The van der Waals surface area contributed by atoms with E-state index in [-0.39, 0.29) is 23.7 Å². The highest BCUT2D eigenvalue weighted by molar-refractivity contribution is 7.90. The van der Waals surface area contributed by atoms with E-state index in [1.54, 1.807) is 0 Å². The van der Waals surface area contributed by atoms with Gasteiger partial charge in [-0.15, -0.1) is 0 Å². The molecule has 1 aromatic rings. The van der Waals surface area contributed by atoms with Crippen molar-refractivity contribution in [3.63, 3.8) is 0 Å². The lowest BCUT2D eigenvalue weighted by Crippen LogP contribution is -2.29. The monoisotopic (exact) mass is 275 g/mol. The van der Waals surface area contributed by atoms with E-state index in [9.17, 15) is 17.6 Å². The first-order chi connectivity index (χ1) is 8.35. The van der Waals surface area contributed by atoms with Gasteiger partial charge in [-0.05, 0) is 6.07 Å². The summed E-state index contributed by atoms with van der Waals surface area (Å²) in [6.07, 6.45) is 2.35. The number of hydrogen-bond donors (Lipinski definition) is 2. The van der Waals surface area contributed by atoms with Crippen molar-refractivity contribution in [3.8, 4) is 0 Å². The highest BCUT2D eigenvalue weighted by atomic mass is 32.2. The number of hydrogen-bond acceptors (Lipinski definition) is 5. The maximum absolute atomic E-state index is 13.7. The third-order valence-electron chi connectivity index (χ3n) is 2.13. The minimum atomic E-state index is -3.16. The Bertz CT molecular complexity index is 545.